The highest BCUT2D eigenvalue weighted by Gasteiger charge is 2.48. The number of benzene rings is 6. The van der Waals surface area contributed by atoms with Crippen LogP contribution >= 0.6 is 0 Å². The van der Waals surface area contributed by atoms with Crippen molar-refractivity contribution in [3.05, 3.63) is 231 Å². The summed E-state index contributed by atoms with van der Waals surface area (Å²) in [7, 11) is 0. The topological polar surface area (TPSA) is 0 Å². The predicted molar refractivity (Wildman–Crippen MR) is 222 cm³/mol. The second kappa shape index (κ2) is 13.4. The first-order valence-corrected chi connectivity index (χ1v) is 18.6. The zero-order valence-electron chi connectivity index (χ0n) is 31.2. The Morgan fingerprint density at radius 3 is 1.52 bits per heavy atom. The van der Waals surface area contributed by atoms with E-state index in [1.54, 1.807) is 0 Å². The van der Waals surface area contributed by atoms with Crippen LogP contribution in [0.2, 0.25) is 0 Å². The van der Waals surface area contributed by atoms with Gasteiger partial charge in [-0.2, -0.15) is 0 Å². The Hall–Kier alpha value is -5.72. The van der Waals surface area contributed by atoms with Gasteiger partial charge in [0, 0.05) is 11.3 Å². The Labute approximate surface area is 310 Å². The fraction of sp³-hybridized carbons (Fsp3) is 0.154. The van der Waals surface area contributed by atoms with Gasteiger partial charge in [0.25, 0.3) is 0 Å². The fourth-order valence-electron chi connectivity index (χ4n) is 8.87. The normalized spacial score (nSPS) is 16.2. The molecule has 1 unspecified atom stereocenters. The van der Waals surface area contributed by atoms with Gasteiger partial charge in [-0.15, -0.1) is 0 Å². The number of hydrogen-bond donors (Lipinski definition) is 0. The van der Waals surface area contributed by atoms with Crippen molar-refractivity contribution in [1.82, 2.24) is 0 Å². The van der Waals surface area contributed by atoms with Crippen LogP contribution in [-0.4, -0.2) is 0 Å². The molecule has 1 atom stereocenters. The molecule has 0 nitrogen and oxygen atoms in total. The third kappa shape index (κ3) is 5.83. The molecule has 254 valence electrons. The van der Waals surface area contributed by atoms with Gasteiger partial charge in [-0.25, -0.2) is 0 Å². The summed E-state index contributed by atoms with van der Waals surface area (Å²) in [5, 5.41) is 0. The second-order valence-electron chi connectivity index (χ2n) is 15.2. The molecule has 0 N–H and O–H groups in total. The molecule has 0 bridgehead atoms. The number of hydrogen-bond acceptors (Lipinski definition) is 0. The van der Waals surface area contributed by atoms with Crippen LogP contribution in [0.1, 0.15) is 72.2 Å². The summed E-state index contributed by atoms with van der Waals surface area (Å²) in [6.07, 6.45) is 2.61. The highest BCUT2D eigenvalue weighted by atomic mass is 14.5. The first-order valence-electron chi connectivity index (χ1n) is 18.6. The zero-order valence-corrected chi connectivity index (χ0v) is 31.2. The molecule has 1 fully saturated rings. The van der Waals surface area contributed by atoms with Crippen molar-refractivity contribution in [2.24, 2.45) is 11.3 Å². The van der Waals surface area contributed by atoms with Gasteiger partial charge in [-0.3, -0.25) is 0 Å². The first-order chi connectivity index (χ1) is 25.2. The quantitative estimate of drug-likeness (QED) is 0.171. The lowest BCUT2D eigenvalue weighted by molar-refractivity contribution is 0.561. The molecule has 0 amide bonds. The number of aryl methyl sites for hydroxylation is 2. The summed E-state index contributed by atoms with van der Waals surface area (Å²) >= 11 is 0. The molecule has 2 aliphatic carbocycles. The molecule has 2 aliphatic rings. The monoisotopic (exact) mass is 670 g/mol. The molecular formula is C52H46. The lowest BCUT2D eigenvalue weighted by Crippen LogP contribution is -2.15. The minimum Gasteiger partial charge on any atom is -0.0720 e. The summed E-state index contributed by atoms with van der Waals surface area (Å²) in [5.74, 6) is 0.0236. The Balaban J connectivity index is 1.58. The van der Waals surface area contributed by atoms with Crippen LogP contribution in [0.25, 0.3) is 27.8 Å². The van der Waals surface area contributed by atoms with E-state index in [0.29, 0.717) is 0 Å². The van der Waals surface area contributed by atoms with Crippen molar-refractivity contribution in [2.45, 2.75) is 41.5 Å². The number of allylic oxidation sites excluding steroid dienone is 5. The molecule has 52 heavy (non-hydrogen) atoms. The molecule has 6 aromatic rings. The number of rotatable bonds is 5. The highest BCUT2D eigenvalue weighted by Crippen LogP contribution is 2.62. The van der Waals surface area contributed by atoms with Crippen LogP contribution in [0.3, 0.4) is 0 Å². The second-order valence-corrected chi connectivity index (χ2v) is 15.2. The van der Waals surface area contributed by atoms with Crippen LogP contribution in [-0.2, 0) is 0 Å². The largest absolute Gasteiger partial charge is 0.0720 e. The maximum absolute atomic E-state index is 2.61. The van der Waals surface area contributed by atoms with Crippen molar-refractivity contribution < 1.29 is 0 Å². The van der Waals surface area contributed by atoms with E-state index in [1.165, 1.54) is 94.6 Å². The van der Waals surface area contributed by atoms with Gasteiger partial charge in [-0.1, -0.05) is 188 Å². The standard InChI is InChI=1S/C52H46/c1-34(2)50-49(47(40-26-22-35(3)23-27-40)41-28-24-36(4)25-29-41)46-33-44(38-18-12-8-13-19-38)43-31-30-42(37-16-10-7-11-17-37)32-45(43)48(51(46)52(50,5)6)39-20-14-9-15-21-39/h7-33,46H,1-6H3. The van der Waals surface area contributed by atoms with Crippen LogP contribution in [0.5, 0.6) is 0 Å². The molecule has 0 heteroatoms. The van der Waals surface area contributed by atoms with Crippen molar-refractivity contribution >= 4 is 16.7 Å². The average molecular weight is 671 g/mol. The van der Waals surface area contributed by atoms with Crippen LogP contribution < -0.4 is 0 Å². The molecule has 6 aromatic carbocycles. The minimum absolute atomic E-state index is 0.0236. The van der Waals surface area contributed by atoms with E-state index in [4.69, 9.17) is 0 Å². The smallest absolute Gasteiger partial charge is 0.0265 e. The molecule has 0 spiro atoms. The van der Waals surface area contributed by atoms with Gasteiger partial charge in [0.05, 0.1) is 0 Å². The van der Waals surface area contributed by atoms with Crippen molar-refractivity contribution in [1.29, 1.82) is 0 Å². The summed E-state index contributed by atoms with van der Waals surface area (Å²) in [6.45, 7) is 13.9. The SMILES string of the molecule is CC(C)=C1C(=C(c2ccc(C)cc2)c2ccc(C)cc2)C2C=C(c3ccccc3)c3ccc(-c4ccccc4)cc3C(c3ccccc3)=C2C1(C)C. The molecular weight excluding hydrogens is 625 g/mol. The third-order valence-electron chi connectivity index (χ3n) is 11.1. The highest BCUT2D eigenvalue weighted by molar-refractivity contribution is 6.00. The molecule has 1 saturated carbocycles. The lowest BCUT2D eigenvalue weighted by Gasteiger charge is -2.28. The molecule has 8 rings (SSSR count). The van der Waals surface area contributed by atoms with E-state index >= 15 is 0 Å². The van der Waals surface area contributed by atoms with E-state index in [1.807, 2.05) is 0 Å². The lowest BCUT2D eigenvalue weighted by atomic mass is 9.75. The van der Waals surface area contributed by atoms with Crippen molar-refractivity contribution in [3.63, 3.8) is 0 Å². The summed E-state index contributed by atoms with van der Waals surface area (Å²) in [4.78, 5) is 0. The minimum atomic E-state index is -0.271. The van der Waals surface area contributed by atoms with E-state index in [2.05, 4.69) is 205 Å². The molecule has 0 heterocycles. The maximum Gasteiger partial charge on any atom is 0.0265 e. The van der Waals surface area contributed by atoms with Crippen molar-refractivity contribution in [3.8, 4) is 11.1 Å². The zero-order chi connectivity index (χ0) is 36.0. The third-order valence-corrected chi connectivity index (χ3v) is 11.1. The van der Waals surface area contributed by atoms with Crippen LogP contribution in [0, 0.1) is 25.2 Å². The number of fused-ring (bicyclic) bond motifs is 2. The van der Waals surface area contributed by atoms with Gasteiger partial charge in [0.1, 0.15) is 0 Å². The summed E-state index contributed by atoms with van der Waals surface area (Å²) in [6, 6.07) is 58.5. The summed E-state index contributed by atoms with van der Waals surface area (Å²) in [5.41, 5.74) is 21.9. The van der Waals surface area contributed by atoms with E-state index < -0.39 is 0 Å². The predicted octanol–water partition coefficient (Wildman–Crippen LogP) is 13.7. The molecule has 0 aromatic heterocycles. The van der Waals surface area contributed by atoms with E-state index in [-0.39, 0.29) is 11.3 Å². The van der Waals surface area contributed by atoms with Gasteiger partial charge in [0.2, 0.25) is 0 Å². The average Bonchev–Trinajstić information content (AvgIpc) is 3.28. The van der Waals surface area contributed by atoms with Gasteiger partial charge in [0.15, 0.2) is 0 Å². The van der Waals surface area contributed by atoms with Crippen LogP contribution in [0.4, 0.5) is 0 Å². The molecule has 0 aliphatic heterocycles. The van der Waals surface area contributed by atoms with E-state index in [9.17, 15) is 0 Å². The Morgan fingerprint density at radius 1 is 0.500 bits per heavy atom. The van der Waals surface area contributed by atoms with E-state index in [0.717, 1.165) is 0 Å². The molecule has 0 radical (unpaired) electrons. The van der Waals surface area contributed by atoms with Crippen molar-refractivity contribution in [2.75, 3.05) is 0 Å². The fourth-order valence-corrected chi connectivity index (χ4v) is 8.87. The Bertz CT molecular complexity index is 2340. The Kier molecular flexibility index (Phi) is 8.64. The summed E-state index contributed by atoms with van der Waals surface area (Å²) < 4.78 is 0. The van der Waals surface area contributed by atoms with Gasteiger partial charge >= 0.3 is 0 Å². The maximum atomic E-state index is 2.61. The van der Waals surface area contributed by atoms with Gasteiger partial charge in [-0.05, 0) is 112 Å². The Morgan fingerprint density at radius 2 is 1.00 bits per heavy atom. The van der Waals surface area contributed by atoms with Gasteiger partial charge < -0.3 is 0 Å². The first kappa shape index (κ1) is 33.4. The van der Waals surface area contributed by atoms with Crippen LogP contribution in [0.15, 0.2) is 186 Å². The molecule has 0 saturated heterocycles.